The largest absolute Gasteiger partial charge is 0.506 e. The van der Waals surface area contributed by atoms with E-state index in [4.69, 9.17) is 5.11 Å². The molecule has 0 amide bonds. The van der Waals surface area contributed by atoms with Crippen LogP contribution in [0.25, 0.3) is 22.0 Å². The summed E-state index contributed by atoms with van der Waals surface area (Å²) in [6.45, 7) is 3.42. The van der Waals surface area contributed by atoms with Crippen LogP contribution in [0.1, 0.15) is 21.6 Å². The molecule has 3 N–H and O–H groups in total. The van der Waals surface area contributed by atoms with Crippen molar-refractivity contribution in [2.75, 3.05) is 0 Å². The Balaban J connectivity index is 2.35. The highest BCUT2D eigenvalue weighted by atomic mass is 16.4. The number of nitrogens with one attached hydrogen (secondary N) is 1. The number of aromatic carboxylic acids is 1. The van der Waals surface area contributed by atoms with Gasteiger partial charge in [-0.15, -0.1) is 0 Å². The Morgan fingerprint density at radius 1 is 1.09 bits per heavy atom. The number of hydrogen-bond acceptors (Lipinski definition) is 3. The number of aromatic hydroxyl groups is 1. The molecule has 0 bridgehead atoms. The summed E-state index contributed by atoms with van der Waals surface area (Å²) < 4.78 is 0. The van der Waals surface area contributed by atoms with E-state index in [1.807, 2.05) is 31.2 Å². The minimum absolute atomic E-state index is 0.116. The maximum atomic E-state index is 12.5. The summed E-state index contributed by atoms with van der Waals surface area (Å²) in [6.07, 6.45) is 0. The van der Waals surface area contributed by atoms with Gasteiger partial charge < -0.3 is 15.2 Å². The molecular weight excluding hydrogens is 294 g/mol. The second kappa shape index (κ2) is 5.28. The van der Waals surface area contributed by atoms with Crippen molar-refractivity contribution in [2.45, 2.75) is 13.8 Å². The van der Waals surface area contributed by atoms with Crippen LogP contribution < -0.4 is 5.43 Å². The van der Waals surface area contributed by atoms with Crippen molar-refractivity contribution >= 4 is 16.9 Å². The number of carboxylic acid groups (broad SMARTS) is 1. The van der Waals surface area contributed by atoms with Crippen molar-refractivity contribution in [3.05, 3.63) is 63.4 Å². The molecule has 2 aromatic carbocycles. The Labute approximate surface area is 131 Å². The SMILES string of the molecule is Cc1cccc(-c2cc(O)c3[nH]c(C(=O)O)c(C)c(=O)c3c2)c1. The van der Waals surface area contributed by atoms with E-state index >= 15 is 0 Å². The molecule has 0 aliphatic heterocycles. The Bertz CT molecular complexity index is 1000. The van der Waals surface area contributed by atoms with E-state index in [-0.39, 0.29) is 27.9 Å². The highest BCUT2D eigenvalue weighted by Gasteiger charge is 2.16. The second-order valence-corrected chi connectivity index (χ2v) is 5.55. The van der Waals surface area contributed by atoms with Gasteiger partial charge in [0, 0.05) is 5.56 Å². The fourth-order valence-corrected chi connectivity index (χ4v) is 2.68. The molecule has 0 saturated heterocycles. The maximum absolute atomic E-state index is 12.5. The first kappa shape index (κ1) is 14.8. The predicted molar refractivity (Wildman–Crippen MR) is 88.1 cm³/mol. The van der Waals surface area contributed by atoms with Crippen LogP contribution in [0.5, 0.6) is 5.75 Å². The van der Waals surface area contributed by atoms with E-state index in [2.05, 4.69) is 4.98 Å². The van der Waals surface area contributed by atoms with Gasteiger partial charge in [0.05, 0.1) is 10.9 Å². The minimum atomic E-state index is -1.23. The molecule has 23 heavy (non-hydrogen) atoms. The van der Waals surface area contributed by atoms with Crippen LogP contribution in [0.4, 0.5) is 0 Å². The Morgan fingerprint density at radius 3 is 2.48 bits per heavy atom. The fraction of sp³-hybridized carbons (Fsp3) is 0.111. The van der Waals surface area contributed by atoms with E-state index < -0.39 is 11.4 Å². The average molecular weight is 309 g/mol. The van der Waals surface area contributed by atoms with Crippen molar-refractivity contribution in [1.82, 2.24) is 4.98 Å². The van der Waals surface area contributed by atoms with E-state index in [9.17, 15) is 14.7 Å². The fourth-order valence-electron chi connectivity index (χ4n) is 2.68. The number of rotatable bonds is 2. The zero-order valence-electron chi connectivity index (χ0n) is 12.7. The molecule has 3 rings (SSSR count). The highest BCUT2D eigenvalue weighted by Crippen LogP contribution is 2.30. The van der Waals surface area contributed by atoms with Gasteiger partial charge in [0.15, 0.2) is 5.43 Å². The number of aryl methyl sites for hydroxylation is 1. The molecule has 0 radical (unpaired) electrons. The maximum Gasteiger partial charge on any atom is 0.352 e. The third-order valence-corrected chi connectivity index (χ3v) is 3.89. The number of hydrogen-bond donors (Lipinski definition) is 3. The Kier molecular flexibility index (Phi) is 3.41. The predicted octanol–water partition coefficient (Wildman–Crippen LogP) is 3.22. The van der Waals surface area contributed by atoms with Crippen LogP contribution in [0, 0.1) is 13.8 Å². The number of phenols is 1. The summed E-state index contributed by atoms with van der Waals surface area (Å²) in [4.78, 5) is 26.3. The van der Waals surface area contributed by atoms with Crippen LogP contribution in [0.15, 0.2) is 41.2 Å². The second-order valence-electron chi connectivity index (χ2n) is 5.55. The monoisotopic (exact) mass is 309 g/mol. The number of benzene rings is 2. The first-order chi connectivity index (χ1) is 10.9. The van der Waals surface area contributed by atoms with Gasteiger partial charge in [-0.2, -0.15) is 0 Å². The lowest BCUT2D eigenvalue weighted by atomic mass is 9.99. The lowest BCUT2D eigenvalue weighted by Gasteiger charge is -2.09. The standard InChI is InChI=1S/C18H15NO4/c1-9-4-3-5-11(6-9)12-7-13-16(14(20)8-12)19-15(18(22)23)10(2)17(13)21/h3-8,20H,1-2H3,(H,19,21)(H,22,23). The minimum Gasteiger partial charge on any atom is -0.506 e. The first-order valence-electron chi connectivity index (χ1n) is 7.08. The number of pyridine rings is 1. The summed E-state index contributed by atoms with van der Waals surface area (Å²) in [5, 5.41) is 19.7. The molecular formula is C18H15NO4. The molecule has 0 fully saturated rings. The third-order valence-electron chi connectivity index (χ3n) is 3.89. The average Bonchev–Trinajstić information content (AvgIpc) is 2.50. The van der Waals surface area contributed by atoms with Gasteiger partial charge in [0.2, 0.25) is 0 Å². The lowest BCUT2D eigenvalue weighted by Crippen LogP contribution is -2.15. The van der Waals surface area contributed by atoms with Crippen molar-refractivity contribution in [1.29, 1.82) is 0 Å². The molecule has 0 unspecified atom stereocenters. The van der Waals surface area contributed by atoms with Crippen LogP contribution in [-0.4, -0.2) is 21.2 Å². The van der Waals surface area contributed by atoms with Gasteiger partial charge in [0.1, 0.15) is 11.4 Å². The Hall–Kier alpha value is -3.08. The summed E-state index contributed by atoms with van der Waals surface area (Å²) in [6, 6.07) is 10.9. The topological polar surface area (TPSA) is 90.4 Å². The number of aromatic amines is 1. The number of carboxylic acids is 1. The molecule has 3 aromatic rings. The van der Waals surface area contributed by atoms with Gasteiger partial charge in [-0.05, 0) is 37.1 Å². The zero-order chi connectivity index (χ0) is 16.7. The van der Waals surface area contributed by atoms with Gasteiger partial charge in [-0.3, -0.25) is 4.79 Å². The van der Waals surface area contributed by atoms with Crippen molar-refractivity contribution in [3.8, 4) is 16.9 Å². The summed E-state index contributed by atoms with van der Waals surface area (Å²) in [5.41, 5.74) is 2.28. The first-order valence-corrected chi connectivity index (χ1v) is 7.08. The molecule has 1 heterocycles. The molecule has 1 aromatic heterocycles. The smallest absolute Gasteiger partial charge is 0.352 e. The van der Waals surface area contributed by atoms with Crippen LogP contribution in [-0.2, 0) is 0 Å². The number of H-pyrrole nitrogens is 1. The van der Waals surface area contributed by atoms with E-state index in [1.54, 1.807) is 6.07 Å². The molecule has 0 spiro atoms. The zero-order valence-corrected chi connectivity index (χ0v) is 12.7. The molecule has 0 aliphatic rings. The highest BCUT2D eigenvalue weighted by molar-refractivity contribution is 5.95. The van der Waals surface area contributed by atoms with Crippen molar-refractivity contribution < 1.29 is 15.0 Å². The lowest BCUT2D eigenvalue weighted by molar-refractivity contribution is 0.0690. The number of fused-ring (bicyclic) bond motifs is 1. The summed E-state index contributed by atoms with van der Waals surface area (Å²) in [5.74, 6) is -1.39. The molecule has 0 saturated carbocycles. The summed E-state index contributed by atoms with van der Waals surface area (Å²) in [7, 11) is 0. The van der Waals surface area contributed by atoms with E-state index in [1.165, 1.54) is 13.0 Å². The van der Waals surface area contributed by atoms with Gasteiger partial charge in [0.25, 0.3) is 0 Å². The molecule has 0 atom stereocenters. The van der Waals surface area contributed by atoms with Gasteiger partial charge >= 0.3 is 5.97 Å². The van der Waals surface area contributed by atoms with E-state index in [0.717, 1.165) is 11.1 Å². The van der Waals surface area contributed by atoms with Crippen molar-refractivity contribution in [2.24, 2.45) is 0 Å². The number of phenolic OH excluding ortho intramolecular Hbond substituents is 1. The van der Waals surface area contributed by atoms with Crippen LogP contribution in [0.3, 0.4) is 0 Å². The van der Waals surface area contributed by atoms with Crippen molar-refractivity contribution in [3.63, 3.8) is 0 Å². The van der Waals surface area contributed by atoms with Gasteiger partial charge in [-0.1, -0.05) is 29.8 Å². The summed E-state index contributed by atoms with van der Waals surface area (Å²) >= 11 is 0. The number of aromatic nitrogens is 1. The Morgan fingerprint density at radius 2 is 1.83 bits per heavy atom. The third kappa shape index (κ3) is 2.46. The van der Waals surface area contributed by atoms with Crippen LogP contribution >= 0.6 is 0 Å². The molecule has 116 valence electrons. The molecule has 0 aliphatic carbocycles. The van der Waals surface area contributed by atoms with Crippen LogP contribution in [0.2, 0.25) is 0 Å². The van der Waals surface area contributed by atoms with E-state index in [0.29, 0.717) is 5.56 Å². The quantitative estimate of drug-likeness (QED) is 0.678. The van der Waals surface area contributed by atoms with Gasteiger partial charge in [-0.25, -0.2) is 4.79 Å². The number of carbonyl (C=O) groups is 1. The molecule has 5 nitrogen and oxygen atoms in total. The normalized spacial score (nSPS) is 10.9. The molecule has 5 heteroatoms.